The van der Waals surface area contributed by atoms with Gasteiger partial charge in [0.1, 0.15) is 5.01 Å². The SMILES string of the molecule is O=C(Nc1ccc(F)c(F)c1)C1CCc2nc(-c3ccccn3)sc2C1. The lowest BCUT2D eigenvalue weighted by atomic mass is 9.90. The van der Waals surface area contributed by atoms with Crippen molar-refractivity contribution in [3.05, 3.63) is 64.8 Å². The first-order valence-corrected chi connectivity index (χ1v) is 9.07. The molecule has 1 aliphatic carbocycles. The number of halogens is 2. The topological polar surface area (TPSA) is 54.9 Å². The maximum Gasteiger partial charge on any atom is 0.227 e. The van der Waals surface area contributed by atoms with E-state index in [9.17, 15) is 13.6 Å². The summed E-state index contributed by atoms with van der Waals surface area (Å²) < 4.78 is 26.3. The summed E-state index contributed by atoms with van der Waals surface area (Å²) in [5.74, 6) is -2.31. The summed E-state index contributed by atoms with van der Waals surface area (Å²) in [7, 11) is 0. The van der Waals surface area contributed by atoms with Crippen molar-refractivity contribution >= 4 is 22.9 Å². The van der Waals surface area contributed by atoms with Gasteiger partial charge >= 0.3 is 0 Å². The maximum absolute atomic E-state index is 13.3. The average molecular weight is 371 g/mol. The van der Waals surface area contributed by atoms with Crippen LogP contribution >= 0.6 is 11.3 Å². The molecule has 2 heterocycles. The molecule has 4 rings (SSSR count). The monoisotopic (exact) mass is 371 g/mol. The molecule has 1 atom stereocenters. The molecule has 1 amide bonds. The van der Waals surface area contributed by atoms with Gasteiger partial charge in [0.25, 0.3) is 0 Å². The third-order valence-corrected chi connectivity index (χ3v) is 5.52. The van der Waals surface area contributed by atoms with Crippen LogP contribution in [0.25, 0.3) is 10.7 Å². The first-order chi connectivity index (χ1) is 12.6. The third-order valence-electron chi connectivity index (χ3n) is 4.38. The fourth-order valence-corrected chi connectivity index (χ4v) is 4.18. The van der Waals surface area contributed by atoms with E-state index in [1.807, 2.05) is 18.2 Å². The second kappa shape index (κ2) is 6.92. The molecular formula is C19H15F2N3OS. The number of aryl methyl sites for hydroxylation is 1. The van der Waals surface area contributed by atoms with Gasteiger partial charge in [-0.2, -0.15) is 0 Å². The van der Waals surface area contributed by atoms with E-state index in [4.69, 9.17) is 0 Å². The summed E-state index contributed by atoms with van der Waals surface area (Å²) in [5.41, 5.74) is 2.11. The van der Waals surface area contributed by atoms with Crippen LogP contribution < -0.4 is 5.32 Å². The van der Waals surface area contributed by atoms with E-state index < -0.39 is 11.6 Å². The Morgan fingerprint density at radius 1 is 1.19 bits per heavy atom. The lowest BCUT2D eigenvalue weighted by Crippen LogP contribution is -2.27. The Morgan fingerprint density at radius 3 is 2.85 bits per heavy atom. The summed E-state index contributed by atoms with van der Waals surface area (Å²) in [6, 6.07) is 9.05. The number of carbonyl (C=O) groups excluding carboxylic acids is 1. The molecule has 0 fully saturated rings. The highest BCUT2D eigenvalue weighted by molar-refractivity contribution is 7.15. The van der Waals surface area contributed by atoms with E-state index in [1.165, 1.54) is 6.07 Å². The second-order valence-corrected chi connectivity index (χ2v) is 7.25. The third kappa shape index (κ3) is 3.35. The second-order valence-electron chi connectivity index (χ2n) is 6.16. The zero-order valence-corrected chi connectivity index (χ0v) is 14.5. The van der Waals surface area contributed by atoms with Crippen molar-refractivity contribution in [1.82, 2.24) is 9.97 Å². The molecule has 0 aliphatic heterocycles. The molecule has 0 radical (unpaired) electrons. The van der Waals surface area contributed by atoms with Crippen LogP contribution in [0.3, 0.4) is 0 Å². The van der Waals surface area contributed by atoms with Gasteiger partial charge in [0.05, 0.1) is 11.4 Å². The van der Waals surface area contributed by atoms with E-state index in [-0.39, 0.29) is 17.5 Å². The van der Waals surface area contributed by atoms with Gasteiger partial charge in [0.15, 0.2) is 11.6 Å². The van der Waals surface area contributed by atoms with Gasteiger partial charge in [-0.3, -0.25) is 9.78 Å². The maximum atomic E-state index is 13.3. The van der Waals surface area contributed by atoms with Gasteiger partial charge in [-0.05, 0) is 43.5 Å². The predicted molar refractivity (Wildman–Crippen MR) is 95.8 cm³/mol. The fraction of sp³-hybridized carbons (Fsp3) is 0.211. The smallest absolute Gasteiger partial charge is 0.227 e. The first kappa shape index (κ1) is 16.8. The van der Waals surface area contributed by atoms with Crippen molar-refractivity contribution in [3.63, 3.8) is 0 Å². The number of carbonyl (C=O) groups is 1. The number of anilines is 1. The molecule has 4 nitrogen and oxygen atoms in total. The molecule has 0 saturated heterocycles. The first-order valence-electron chi connectivity index (χ1n) is 8.26. The molecule has 1 aromatic carbocycles. The van der Waals surface area contributed by atoms with Crippen molar-refractivity contribution < 1.29 is 13.6 Å². The van der Waals surface area contributed by atoms with Gasteiger partial charge in [0, 0.05) is 28.7 Å². The lowest BCUT2D eigenvalue weighted by Gasteiger charge is -2.20. The minimum Gasteiger partial charge on any atom is -0.326 e. The molecule has 7 heteroatoms. The summed E-state index contributed by atoms with van der Waals surface area (Å²) in [5, 5.41) is 3.53. The number of thiazole rings is 1. The number of pyridine rings is 1. The van der Waals surface area contributed by atoms with E-state index >= 15 is 0 Å². The van der Waals surface area contributed by atoms with E-state index in [2.05, 4.69) is 15.3 Å². The van der Waals surface area contributed by atoms with Crippen LogP contribution in [0.4, 0.5) is 14.5 Å². The van der Waals surface area contributed by atoms with Crippen LogP contribution in [0.15, 0.2) is 42.6 Å². The molecule has 2 aromatic heterocycles. The van der Waals surface area contributed by atoms with E-state index in [1.54, 1.807) is 17.5 Å². The Labute approximate surface area is 152 Å². The quantitative estimate of drug-likeness (QED) is 0.750. The van der Waals surface area contributed by atoms with Crippen molar-refractivity contribution in [2.45, 2.75) is 19.3 Å². The highest BCUT2D eigenvalue weighted by Gasteiger charge is 2.28. The van der Waals surface area contributed by atoms with E-state index in [0.29, 0.717) is 19.3 Å². The predicted octanol–water partition coefficient (Wildman–Crippen LogP) is 4.23. The molecule has 1 N–H and O–H groups in total. The Hall–Kier alpha value is -2.67. The lowest BCUT2D eigenvalue weighted by molar-refractivity contribution is -0.120. The average Bonchev–Trinajstić information content (AvgIpc) is 3.09. The molecule has 132 valence electrons. The highest BCUT2D eigenvalue weighted by Crippen LogP contribution is 2.34. The van der Waals surface area contributed by atoms with Crippen LogP contribution in [0.2, 0.25) is 0 Å². The summed E-state index contributed by atoms with van der Waals surface area (Å²) in [6.07, 6.45) is 3.71. The van der Waals surface area contributed by atoms with Gasteiger partial charge in [-0.1, -0.05) is 6.07 Å². The minimum absolute atomic E-state index is 0.186. The Kier molecular flexibility index (Phi) is 4.46. The van der Waals surface area contributed by atoms with Crippen LogP contribution in [-0.2, 0) is 17.6 Å². The van der Waals surface area contributed by atoms with E-state index in [0.717, 1.165) is 33.4 Å². The molecular weight excluding hydrogens is 356 g/mol. The van der Waals surface area contributed by atoms with Crippen molar-refractivity contribution in [2.75, 3.05) is 5.32 Å². The number of aromatic nitrogens is 2. The molecule has 1 aliphatic rings. The van der Waals surface area contributed by atoms with Gasteiger partial charge in [-0.15, -0.1) is 11.3 Å². The number of hydrogen-bond acceptors (Lipinski definition) is 4. The van der Waals surface area contributed by atoms with Crippen LogP contribution in [-0.4, -0.2) is 15.9 Å². The summed E-state index contributed by atoms with van der Waals surface area (Å²) in [4.78, 5) is 22.6. The fourth-order valence-electron chi connectivity index (χ4n) is 3.02. The number of hydrogen-bond donors (Lipinski definition) is 1. The largest absolute Gasteiger partial charge is 0.326 e. The van der Waals surface area contributed by atoms with Crippen LogP contribution in [0.1, 0.15) is 17.0 Å². The Balaban J connectivity index is 1.48. The zero-order valence-electron chi connectivity index (χ0n) is 13.7. The number of amides is 1. The number of rotatable bonds is 3. The number of nitrogens with zero attached hydrogens (tertiary/aromatic N) is 2. The molecule has 0 saturated carbocycles. The van der Waals surface area contributed by atoms with Crippen molar-refractivity contribution in [2.24, 2.45) is 5.92 Å². The minimum atomic E-state index is -0.976. The van der Waals surface area contributed by atoms with Gasteiger partial charge in [0.2, 0.25) is 5.91 Å². The Bertz CT molecular complexity index is 959. The number of nitrogens with one attached hydrogen (secondary N) is 1. The van der Waals surface area contributed by atoms with Crippen LogP contribution in [0.5, 0.6) is 0 Å². The van der Waals surface area contributed by atoms with Gasteiger partial charge < -0.3 is 5.32 Å². The van der Waals surface area contributed by atoms with Crippen LogP contribution in [0, 0.1) is 17.6 Å². The molecule has 26 heavy (non-hydrogen) atoms. The van der Waals surface area contributed by atoms with Crippen molar-refractivity contribution in [1.29, 1.82) is 0 Å². The molecule has 0 bridgehead atoms. The zero-order chi connectivity index (χ0) is 18.1. The standard InChI is InChI=1S/C19H15F2N3OS/c20-13-6-5-12(10-14(13)21)23-18(25)11-4-7-15-17(9-11)26-19(24-15)16-3-1-2-8-22-16/h1-3,5-6,8,10-11H,4,7,9H2,(H,23,25). The number of benzene rings is 1. The number of fused-ring (bicyclic) bond motifs is 1. The van der Waals surface area contributed by atoms with Crippen molar-refractivity contribution in [3.8, 4) is 10.7 Å². The summed E-state index contributed by atoms with van der Waals surface area (Å²) in [6.45, 7) is 0. The molecule has 3 aromatic rings. The molecule has 0 spiro atoms. The normalized spacial score (nSPS) is 16.2. The van der Waals surface area contributed by atoms with Gasteiger partial charge in [-0.25, -0.2) is 13.8 Å². The Morgan fingerprint density at radius 2 is 2.08 bits per heavy atom. The molecule has 1 unspecified atom stereocenters. The summed E-state index contributed by atoms with van der Waals surface area (Å²) >= 11 is 1.56. The highest BCUT2D eigenvalue weighted by atomic mass is 32.1.